The molecule has 8 heteroatoms. The first kappa shape index (κ1) is 17.8. The van der Waals surface area contributed by atoms with Gasteiger partial charge in [0.25, 0.3) is 10.2 Å². The molecule has 1 N–H and O–H groups in total. The molecule has 1 aromatic rings. The van der Waals surface area contributed by atoms with Gasteiger partial charge in [0.05, 0.1) is 0 Å². The Bertz CT molecular complexity index is 644. The first-order chi connectivity index (χ1) is 10.9. The lowest BCUT2D eigenvalue weighted by Gasteiger charge is -2.20. The molecule has 0 saturated carbocycles. The van der Waals surface area contributed by atoms with E-state index in [1.54, 1.807) is 30.9 Å². The van der Waals surface area contributed by atoms with Gasteiger partial charge in [0.15, 0.2) is 0 Å². The van der Waals surface area contributed by atoms with Crippen molar-refractivity contribution in [2.24, 2.45) is 5.92 Å². The van der Waals surface area contributed by atoms with Crippen LogP contribution in [0.1, 0.15) is 20.3 Å². The minimum atomic E-state index is -3.51. The number of anilines is 1. The predicted molar refractivity (Wildman–Crippen MR) is 86.7 cm³/mol. The van der Waals surface area contributed by atoms with Crippen molar-refractivity contribution >= 4 is 21.8 Å². The number of amides is 1. The molecule has 2 rings (SSSR count). The first-order valence-electron chi connectivity index (χ1n) is 7.68. The van der Waals surface area contributed by atoms with Gasteiger partial charge in [-0.3, -0.25) is 4.79 Å². The fourth-order valence-electron chi connectivity index (χ4n) is 2.67. The van der Waals surface area contributed by atoms with Gasteiger partial charge in [-0.2, -0.15) is 12.7 Å². The first-order valence-corrected chi connectivity index (χ1v) is 9.12. The summed E-state index contributed by atoms with van der Waals surface area (Å²) in [6.07, 6.45) is 0.276. The Morgan fingerprint density at radius 1 is 1.26 bits per heavy atom. The third-order valence-electron chi connectivity index (χ3n) is 3.94. The molecule has 1 fully saturated rings. The summed E-state index contributed by atoms with van der Waals surface area (Å²) in [6, 6.07) is 5.71. The Kier molecular flexibility index (Phi) is 5.72. The molecule has 0 bridgehead atoms. The van der Waals surface area contributed by atoms with E-state index in [1.165, 1.54) is 16.4 Å². The van der Waals surface area contributed by atoms with E-state index < -0.39 is 10.2 Å². The molecule has 1 aliphatic rings. The molecule has 0 aliphatic carbocycles. The van der Waals surface area contributed by atoms with Crippen molar-refractivity contribution in [2.45, 2.75) is 20.3 Å². The van der Waals surface area contributed by atoms with Crippen molar-refractivity contribution in [1.29, 1.82) is 0 Å². The van der Waals surface area contributed by atoms with Crippen molar-refractivity contribution in [3.63, 3.8) is 0 Å². The molecule has 1 aliphatic heterocycles. The smallest absolute Gasteiger partial charge is 0.279 e. The van der Waals surface area contributed by atoms with Crippen LogP contribution in [0.3, 0.4) is 0 Å². The number of benzene rings is 1. The molecule has 0 spiro atoms. The molecule has 0 aromatic heterocycles. The molecule has 6 nitrogen and oxygen atoms in total. The summed E-state index contributed by atoms with van der Waals surface area (Å²) < 4.78 is 41.0. The number of hydrogen-bond donors (Lipinski definition) is 1. The second kappa shape index (κ2) is 7.37. The number of carbonyl (C=O) groups is 1. The highest BCUT2D eigenvalue weighted by atomic mass is 32.2. The number of carbonyl (C=O) groups excluding carboxylic acids is 1. The molecule has 23 heavy (non-hydrogen) atoms. The Hall–Kier alpha value is -1.51. The summed E-state index contributed by atoms with van der Waals surface area (Å²) in [6.45, 7) is 4.98. The van der Waals surface area contributed by atoms with Crippen molar-refractivity contribution in [1.82, 2.24) is 9.03 Å². The number of hydrogen-bond acceptors (Lipinski definition) is 3. The lowest BCUT2D eigenvalue weighted by molar-refractivity contribution is -0.117. The van der Waals surface area contributed by atoms with Crippen molar-refractivity contribution in [3.8, 4) is 0 Å². The Balaban J connectivity index is 1.97. The van der Waals surface area contributed by atoms with E-state index in [9.17, 15) is 17.6 Å². The monoisotopic (exact) mass is 343 g/mol. The lowest BCUT2D eigenvalue weighted by atomic mass is 10.1. The maximum atomic E-state index is 13.0. The van der Waals surface area contributed by atoms with E-state index in [0.29, 0.717) is 25.3 Å². The Morgan fingerprint density at radius 2 is 1.87 bits per heavy atom. The van der Waals surface area contributed by atoms with Gasteiger partial charge in [-0.1, -0.05) is 13.8 Å². The zero-order valence-electron chi connectivity index (χ0n) is 13.3. The summed E-state index contributed by atoms with van der Waals surface area (Å²) in [4.78, 5) is 13.7. The standard InChI is InChI=1S/C15H22FN3O3S/c1-3-18(4-2)23(21,22)17-10-12-9-15(20)19(11-12)14-7-5-13(16)6-8-14/h5-8,12,17H,3-4,9-11H2,1-2H3. The summed E-state index contributed by atoms with van der Waals surface area (Å²) in [5.41, 5.74) is 0.630. The fourth-order valence-corrected chi connectivity index (χ4v) is 3.98. The number of nitrogens with zero attached hydrogens (tertiary/aromatic N) is 2. The topological polar surface area (TPSA) is 69.7 Å². The number of rotatable bonds is 7. The van der Waals surface area contributed by atoms with Crippen molar-refractivity contribution in [2.75, 3.05) is 31.1 Å². The fraction of sp³-hybridized carbons (Fsp3) is 0.533. The molecule has 1 unspecified atom stereocenters. The normalized spacial score (nSPS) is 18.9. The van der Waals surface area contributed by atoms with Crippen LogP contribution < -0.4 is 9.62 Å². The van der Waals surface area contributed by atoms with E-state index in [1.807, 2.05) is 0 Å². The third-order valence-corrected chi connectivity index (χ3v) is 5.67. The van der Waals surface area contributed by atoms with E-state index >= 15 is 0 Å². The molecule has 1 atom stereocenters. The molecular weight excluding hydrogens is 321 g/mol. The maximum absolute atomic E-state index is 13.0. The van der Waals surface area contributed by atoms with E-state index in [4.69, 9.17) is 0 Å². The SMILES string of the molecule is CCN(CC)S(=O)(=O)NCC1CC(=O)N(c2ccc(F)cc2)C1. The van der Waals surface area contributed by atoms with Crippen LogP contribution in [0, 0.1) is 11.7 Å². The molecule has 1 amide bonds. The Labute approximate surface area is 136 Å². The second-order valence-corrected chi connectivity index (χ2v) is 7.24. The van der Waals surface area contributed by atoms with Crippen LogP contribution in [0.5, 0.6) is 0 Å². The summed E-state index contributed by atoms with van der Waals surface area (Å²) in [5.74, 6) is -0.537. The van der Waals surface area contributed by atoms with E-state index in [2.05, 4.69) is 4.72 Å². The minimum absolute atomic E-state index is 0.0800. The molecular formula is C15H22FN3O3S. The summed E-state index contributed by atoms with van der Waals surface area (Å²) >= 11 is 0. The van der Waals surface area contributed by atoms with Crippen molar-refractivity contribution < 1.29 is 17.6 Å². The van der Waals surface area contributed by atoms with Crippen LogP contribution in [0.25, 0.3) is 0 Å². The van der Waals surface area contributed by atoms with Gasteiger partial charge in [0.1, 0.15) is 5.82 Å². The number of nitrogens with one attached hydrogen (secondary N) is 1. The van der Waals surface area contributed by atoms with Crippen molar-refractivity contribution in [3.05, 3.63) is 30.1 Å². The molecule has 128 valence electrons. The maximum Gasteiger partial charge on any atom is 0.279 e. The van der Waals surface area contributed by atoms with Crippen LogP contribution in [0.4, 0.5) is 10.1 Å². The largest absolute Gasteiger partial charge is 0.312 e. The molecule has 1 saturated heterocycles. The average Bonchev–Trinajstić information content (AvgIpc) is 2.88. The van der Waals surface area contributed by atoms with Gasteiger partial charge in [0.2, 0.25) is 5.91 Å². The quantitative estimate of drug-likeness (QED) is 0.813. The molecule has 1 heterocycles. The summed E-state index contributed by atoms with van der Waals surface area (Å²) in [7, 11) is -3.51. The highest BCUT2D eigenvalue weighted by Crippen LogP contribution is 2.25. The molecule has 1 aromatic carbocycles. The Morgan fingerprint density at radius 3 is 2.43 bits per heavy atom. The van der Waals surface area contributed by atoms with Gasteiger partial charge < -0.3 is 4.90 Å². The van der Waals surface area contributed by atoms with Crippen LogP contribution in [-0.4, -0.2) is 44.8 Å². The predicted octanol–water partition coefficient (Wildman–Crippen LogP) is 1.35. The highest BCUT2D eigenvalue weighted by molar-refractivity contribution is 7.87. The van der Waals surface area contributed by atoms with Crippen LogP contribution in [-0.2, 0) is 15.0 Å². The van der Waals surface area contributed by atoms with E-state index in [-0.39, 0.29) is 30.6 Å². The second-order valence-electron chi connectivity index (χ2n) is 5.49. The number of halogens is 1. The van der Waals surface area contributed by atoms with Crippen LogP contribution in [0.15, 0.2) is 24.3 Å². The van der Waals surface area contributed by atoms with Gasteiger partial charge in [-0.05, 0) is 30.2 Å². The zero-order valence-corrected chi connectivity index (χ0v) is 14.1. The van der Waals surface area contributed by atoms with Crippen LogP contribution >= 0.6 is 0 Å². The zero-order chi connectivity index (χ0) is 17.0. The lowest BCUT2D eigenvalue weighted by Crippen LogP contribution is -2.42. The highest BCUT2D eigenvalue weighted by Gasteiger charge is 2.31. The minimum Gasteiger partial charge on any atom is -0.312 e. The van der Waals surface area contributed by atoms with Gasteiger partial charge in [0, 0.05) is 38.3 Å². The molecule has 0 radical (unpaired) electrons. The third kappa shape index (κ3) is 4.27. The summed E-state index contributed by atoms with van der Waals surface area (Å²) in [5, 5.41) is 0. The van der Waals surface area contributed by atoms with Crippen LogP contribution in [0.2, 0.25) is 0 Å². The van der Waals surface area contributed by atoms with Gasteiger partial charge in [-0.15, -0.1) is 0 Å². The van der Waals surface area contributed by atoms with Gasteiger partial charge >= 0.3 is 0 Å². The average molecular weight is 343 g/mol. The van der Waals surface area contributed by atoms with Gasteiger partial charge in [-0.25, -0.2) is 9.11 Å². The van der Waals surface area contributed by atoms with E-state index in [0.717, 1.165) is 0 Å².